The molecule has 11 heteroatoms. The Bertz CT molecular complexity index is 1390. The molecule has 39 heavy (non-hydrogen) atoms. The maximum atomic E-state index is 13.0. The molecule has 11 nitrogen and oxygen atoms in total. The van der Waals surface area contributed by atoms with Crippen molar-refractivity contribution >= 4 is 17.6 Å². The highest BCUT2D eigenvalue weighted by Gasteiger charge is 2.44. The van der Waals surface area contributed by atoms with Gasteiger partial charge < -0.3 is 31.1 Å². The number of aliphatic hydroxyl groups is 3. The summed E-state index contributed by atoms with van der Waals surface area (Å²) in [5.41, 5.74) is 4.74. The molecule has 0 bridgehead atoms. The van der Waals surface area contributed by atoms with E-state index >= 15 is 0 Å². The van der Waals surface area contributed by atoms with Crippen LogP contribution in [0.2, 0.25) is 0 Å². The van der Waals surface area contributed by atoms with Crippen LogP contribution in [-0.4, -0.2) is 68.5 Å². The standard InChI is InChI=1S/C28H29N5O6/c1-27(16-34,17-35)18-39-26(37)24(28(2,38)23-15-30-33-32-23)31-25(36)21-11-7-19(8-12-21)5-3-4-6-20-9-13-22(29)14-10-20/h7-15,24,34-35,38H,16-18,29H2,1-2H3,(H,31,36)(H,30,32,33)/t24-,28+/m1/s1. The third-order valence-corrected chi connectivity index (χ3v) is 5.87. The van der Waals surface area contributed by atoms with Gasteiger partial charge in [-0.25, -0.2) is 4.79 Å². The van der Waals surface area contributed by atoms with E-state index < -0.39 is 42.1 Å². The minimum absolute atomic E-state index is 0.0115. The van der Waals surface area contributed by atoms with E-state index in [1.54, 1.807) is 36.4 Å². The van der Waals surface area contributed by atoms with Gasteiger partial charge in [0, 0.05) is 34.0 Å². The summed E-state index contributed by atoms with van der Waals surface area (Å²) in [5, 5.41) is 42.3. The van der Waals surface area contributed by atoms with Gasteiger partial charge in [-0.15, -0.1) is 5.10 Å². The molecule has 1 heterocycles. The minimum atomic E-state index is -2.01. The van der Waals surface area contributed by atoms with E-state index in [4.69, 9.17) is 10.5 Å². The van der Waals surface area contributed by atoms with Crippen LogP contribution in [0.15, 0.2) is 54.7 Å². The average molecular weight is 532 g/mol. The predicted molar refractivity (Wildman–Crippen MR) is 141 cm³/mol. The number of carbonyl (C=O) groups excluding carboxylic acids is 2. The Balaban J connectivity index is 1.74. The molecule has 3 aromatic rings. The lowest BCUT2D eigenvalue weighted by Crippen LogP contribution is -2.55. The van der Waals surface area contributed by atoms with E-state index in [-0.39, 0.29) is 17.9 Å². The van der Waals surface area contributed by atoms with Crippen molar-refractivity contribution in [2.75, 3.05) is 25.6 Å². The van der Waals surface area contributed by atoms with Crippen molar-refractivity contribution in [3.8, 4) is 23.7 Å². The van der Waals surface area contributed by atoms with E-state index in [9.17, 15) is 24.9 Å². The van der Waals surface area contributed by atoms with E-state index in [0.717, 1.165) is 5.56 Å². The van der Waals surface area contributed by atoms with Gasteiger partial charge in [-0.3, -0.25) is 9.89 Å². The summed E-state index contributed by atoms with van der Waals surface area (Å²) in [6.07, 6.45) is 1.28. The van der Waals surface area contributed by atoms with Crippen LogP contribution in [0, 0.1) is 29.1 Å². The number of nitrogens with one attached hydrogen (secondary N) is 2. The number of aromatic nitrogens is 3. The van der Waals surface area contributed by atoms with Crippen molar-refractivity contribution in [3.05, 3.63) is 77.1 Å². The second-order valence-electron chi connectivity index (χ2n) is 9.35. The van der Waals surface area contributed by atoms with Crippen molar-refractivity contribution in [1.29, 1.82) is 0 Å². The first-order valence-electron chi connectivity index (χ1n) is 11.8. The minimum Gasteiger partial charge on any atom is -0.463 e. The number of nitrogens with two attached hydrogens (primary N) is 1. The molecule has 1 amide bonds. The molecule has 2 atom stereocenters. The Morgan fingerprint density at radius 3 is 2.10 bits per heavy atom. The molecule has 2 aromatic carbocycles. The molecule has 202 valence electrons. The number of benzene rings is 2. The zero-order valence-corrected chi connectivity index (χ0v) is 21.4. The Morgan fingerprint density at radius 1 is 1.03 bits per heavy atom. The van der Waals surface area contributed by atoms with Gasteiger partial charge >= 0.3 is 5.97 Å². The van der Waals surface area contributed by atoms with Crippen molar-refractivity contribution in [2.45, 2.75) is 25.5 Å². The van der Waals surface area contributed by atoms with E-state index in [0.29, 0.717) is 11.3 Å². The fraction of sp³-hybridized carbons (Fsp3) is 0.286. The number of amides is 1. The van der Waals surface area contributed by atoms with Gasteiger partial charge in [-0.1, -0.05) is 24.0 Å². The molecular formula is C28H29N5O6. The highest BCUT2D eigenvalue weighted by Crippen LogP contribution is 2.25. The summed E-state index contributed by atoms with van der Waals surface area (Å²) in [5.74, 6) is 9.62. The molecule has 0 radical (unpaired) electrons. The van der Waals surface area contributed by atoms with E-state index in [1.807, 2.05) is 0 Å². The first-order valence-corrected chi connectivity index (χ1v) is 11.8. The molecule has 0 unspecified atom stereocenters. The number of hydrogen-bond donors (Lipinski definition) is 6. The molecule has 0 fully saturated rings. The van der Waals surface area contributed by atoms with Crippen molar-refractivity contribution in [1.82, 2.24) is 20.7 Å². The first kappa shape index (κ1) is 28.9. The van der Waals surface area contributed by atoms with E-state index in [2.05, 4.69) is 44.4 Å². The average Bonchev–Trinajstić information content (AvgIpc) is 3.50. The zero-order valence-electron chi connectivity index (χ0n) is 21.4. The van der Waals surface area contributed by atoms with Crippen LogP contribution in [0.3, 0.4) is 0 Å². The quantitative estimate of drug-likeness (QED) is 0.129. The van der Waals surface area contributed by atoms with Crippen molar-refractivity contribution < 1.29 is 29.6 Å². The lowest BCUT2D eigenvalue weighted by molar-refractivity contribution is -0.158. The van der Waals surface area contributed by atoms with Crippen molar-refractivity contribution in [2.24, 2.45) is 5.41 Å². The van der Waals surface area contributed by atoms with Gasteiger partial charge in [0.15, 0.2) is 6.04 Å². The number of carbonyl (C=O) groups is 2. The molecular weight excluding hydrogens is 502 g/mol. The summed E-state index contributed by atoms with van der Waals surface area (Å²) in [7, 11) is 0. The number of nitrogens with zero attached hydrogens (tertiary/aromatic N) is 2. The molecule has 3 rings (SSSR count). The van der Waals surface area contributed by atoms with Crippen LogP contribution in [0.1, 0.15) is 41.0 Å². The predicted octanol–water partition coefficient (Wildman–Crippen LogP) is 0.330. The summed E-state index contributed by atoms with van der Waals surface area (Å²) in [4.78, 5) is 26.0. The summed E-state index contributed by atoms with van der Waals surface area (Å²) >= 11 is 0. The maximum absolute atomic E-state index is 13.0. The Kier molecular flexibility index (Phi) is 9.42. The molecule has 0 aliphatic heterocycles. The number of esters is 1. The largest absolute Gasteiger partial charge is 0.463 e. The van der Waals surface area contributed by atoms with Crippen LogP contribution >= 0.6 is 0 Å². The van der Waals surface area contributed by atoms with Crippen LogP contribution in [0.4, 0.5) is 5.69 Å². The number of aliphatic hydroxyl groups excluding tert-OH is 2. The van der Waals surface area contributed by atoms with Gasteiger partial charge in [0.05, 0.1) is 13.2 Å². The van der Waals surface area contributed by atoms with Crippen LogP contribution in [-0.2, 0) is 15.1 Å². The SMILES string of the molecule is CC(CO)(CO)COC(=O)[C@@H](NC(=O)c1ccc(C#CC#Cc2ccc(N)cc2)cc1)[C@@](C)(O)c1c[nH]nn1. The van der Waals surface area contributed by atoms with Crippen LogP contribution < -0.4 is 11.1 Å². The van der Waals surface area contributed by atoms with Crippen molar-refractivity contribution in [3.63, 3.8) is 0 Å². The molecule has 0 aliphatic rings. The van der Waals surface area contributed by atoms with Gasteiger partial charge in [0.2, 0.25) is 0 Å². The summed E-state index contributed by atoms with van der Waals surface area (Å²) < 4.78 is 5.25. The number of nitrogen functional groups attached to an aromatic ring is 1. The first-order chi connectivity index (χ1) is 18.6. The maximum Gasteiger partial charge on any atom is 0.332 e. The fourth-order valence-electron chi connectivity index (χ4n) is 3.19. The zero-order chi connectivity index (χ0) is 28.5. The molecule has 0 saturated heterocycles. The van der Waals surface area contributed by atoms with Gasteiger partial charge in [-0.05, 0) is 67.3 Å². The number of aromatic amines is 1. The smallest absolute Gasteiger partial charge is 0.332 e. The van der Waals surface area contributed by atoms with E-state index in [1.165, 1.54) is 32.2 Å². The lowest BCUT2D eigenvalue weighted by Gasteiger charge is -2.31. The third-order valence-electron chi connectivity index (χ3n) is 5.87. The lowest BCUT2D eigenvalue weighted by atomic mass is 9.92. The number of hydrogen-bond acceptors (Lipinski definition) is 9. The number of rotatable bonds is 9. The number of ether oxygens (including phenoxy) is 1. The molecule has 0 aliphatic carbocycles. The number of anilines is 1. The van der Waals surface area contributed by atoms with Crippen LogP contribution in [0.25, 0.3) is 0 Å². The normalized spacial score (nSPS) is 13.1. The summed E-state index contributed by atoms with van der Waals surface area (Å²) in [6.45, 7) is 1.54. The second-order valence-corrected chi connectivity index (χ2v) is 9.35. The van der Waals surface area contributed by atoms with Gasteiger partial charge in [0.25, 0.3) is 5.91 Å². The monoisotopic (exact) mass is 531 g/mol. The molecule has 0 saturated carbocycles. The highest BCUT2D eigenvalue weighted by molar-refractivity contribution is 5.97. The second kappa shape index (κ2) is 12.7. The number of H-pyrrole nitrogens is 1. The Labute approximate surface area is 225 Å². The van der Waals surface area contributed by atoms with Gasteiger partial charge in [-0.2, -0.15) is 0 Å². The van der Waals surface area contributed by atoms with Crippen LogP contribution in [0.5, 0.6) is 0 Å². The topological polar surface area (TPSA) is 184 Å². The summed E-state index contributed by atoms with van der Waals surface area (Å²) in [6, 6.07) is 11.7. The Hall–Kier alpha value is -4.68. The molecule has 7 N–H and O–H groups in total. The highest BCUT2D eigenvalue weighted by atomic mass is 16.5. The van der Waals surface area contributed by atoms with Gasteiger partial charge in [0.1, 0.15) is 17.9 Å². The third kappa shape index (κ3) is 7.66. The fourth-order valence-corrected chi connectivity index (χ4v) is 3.19. The Morgan fingerprint density at radius 2 is 1.59 bits per heavy atom. The molecule has 0 spiro atoms. The molecule has 1 aromatic heterocycles.